The number of carbonyl (C=O) groups is 2. The number of carbonyl (C=O) groups excluding carboxylic acids is 2. The fourth-order valence-corrected chi connectivity index (χ4v) is 3.62. The normalized spacial score (nSPS) is 12.6. The van der Waals surface area contributed by atoms with Crippen molar-refractivity contribution in [3.05, 3.63) is 29.8 Å². The predicted octanol–water partition coefficient (Wildman–Crippen LogP) is 1.75. The lowest BCUT2D eigenvalue weighted by Crippen LogP contribution is -2.46. The van der Waals surface area contributed by atoms with E-state index in [2.05, 4.69) is 10.0 Å². The highest BCUT2D eigenvalue weighted by molar-refractivity contribution is 7.89. The molecule has 0 aliphatic rings. The number of hydrogen-bond acceptors (Lipinski definition) is 4. The van der Waals surface area contributed by atoms with E-state index < -0.39 is 15.6 Å². The molecule has 26 heavy (non-hydrogen) atoms. The molecule has 8 heteroatoms. The summed E-state index contributed by atoms with van der Waals surface area (Å²) in [6, 6.07) is 5.64. The molecule has 1 aromatic carbocycles. The van der Waals surface area contributed by atoms with Crippen LogP contribution in [0.2, 0.25) is 0 Å². The molecule has 0 aromatic heterocycles. The third kappa shape index (κ3) is 7.13. The molecule has 0 heterocycles. The molecular weight excluding hydrogens is 354 g/mol. The molecule has 0 atom stereocenters. The van der Waals surface area contributed by atoms with Crippen molar-refractivity contribution >= 4 is 21.8 Å². The lowest BCUT2D eigenvalue weighted by molar-refractivity contribution is -0.122. The molecule has 0 bridgehead atoms. The summed E-state index contributed by atoms with van der Waals surface area (Å²) in [6.45, 7) is 10.7. The Morgan fingerprint density at radius 3 is 1.88 bits per heavy atom. The van der Waals surface area contributed by atoms with Gasteiger partial charge in [-0.1, -0.05) is 0 Å². The first kappa shape index (κ1) is 22.1. The van der Waals surface area contributed by atoms with Crippen molar-refractivity contribution in [2.75, 3.05) is 13.6 Å². The number of hydrogen-bond donors (Lipinski definition) is 2. The zero-order valence-electron chi connectivity index (χ0n) is 16.5. The molecule has 0 unspecified atom stereocenters. The van der Waals surface area contributed by atoms with Crippen molar-refractivity contribution in [3.8, 4) is 0 Å². The lowest BCUT2D eigenvalue weighted by atomic mass is 10.1. The van der Waals surface area contributed by atoms with Gasteiger partial charge < -0.3 is 10.2 Å². The summed E-state index contributed by atoms with van der Waals surface area (Å²) in [7, 11) is -2.13. The SMILES string of the molecule is CN(CC(=O)NC(C)(C)C)C(=O)c1ccc(S(=O)(=O)NC(C)(C)C)cc1. The summed E-state index contributed by atoms with van der Waals surface area (Å²) in [6.07, 6.45) is 0. The third-order valence-corrected chi connectivity index (χ3v) is 4.87. The largest absolute Gasteiger partial charge is 0.350 e. The van der Waals surface area contributed by atoms with Crippen LogP contribution in [0.1, 0.15) is 51.9 Å². The van der Waals surface area contributed by atoms with Crippen molar-refractivity contribution in [2.45, 2.75) is 57.5 Å². The minimum atomic E-state index is -3.66. The smallest absolute Gasteiger partial charge is 0.254 e. The number of rotatable bonds is 5. The average molecular weight is 384 g/mol. The lowest BCUT2D eigenvalue weighted by Gasteiger charge is -2.23. The average Bonchev–Trinajstić information content (AvgIpc) is 2.41. The van der Waals surface area contributed by atoms with Crippen molar-refractivity contribution in [3.63, 3.8) is 0 Å². The zero-order chi connectivity index (χ0) is 20.3. The highest BCUT2D eigenvalue weighted by atomic mass is 32.2. The quantitative estimate of drug-likeness (QED) is 0.810. The molecule has 146 valence electrons. The number of amides is 2. The van der Waals surface area contributed by atoms with Crippen LogP contribution in [-0.2, 0) is 14.8 Å². The summed E-state index contributed by atoms with van der Waals surface area (Å²) >= 11 is 0. The number of nitrogens with zero attached hydrogens (tertiary/aromatic N) is 1. The Bertz CT molecular complexity index is 757. The van der Waals surface area contributed by atoms with Gasteiger partial charge >= 0.3 is 0 Å². The van der Waals surface area contributed by atoms with Crippen molar-refractivity contribution < 1.29 is 18.0 Å². The second-order valence-electron chi connectivity index (χ2n) is 8.34. The maximum atomic E-state index is 12.4. The molecule has 0 saturated heterocycles. The summed E-state index contributed by atoms with van der Waals surface area (Å²) < 4.78 is 27.1. The highest BCUT2D eigenvalue weighted by Crippen LogP contribution is 2.14. The first-order valence-corrected chi connectivity index (χ1v) is 9.79. The zero-order valence-corrected chi connectivity index (χ0v) is 17.3. The maximum Gasteiger partial charge on any atom is 0.254 e. The number of nitrogens with one attached hydrogen (secondary N) is 2. The molecule has 0 radical (unpaired) electrons. The maximum absolute atomic E-state index is 12.4. The van der Waals surface area contributed by atoms with Crippen LogP contribution < -0.4 is 10.0 Å². The van der Waals surface area contributed by atoms with E-state index in [1.54, 1.807) is 20.8 Å². The van der Waals surface area contributed by atoms with Gasteiger partial charge in [-0.2, -0.15) is 0 Å². The topological polar surface area (TPSA) is 95.6 Å². The summed E-state index contributed by atoms with van der Waals surface area (Å²) in [4.78, 5) is 25.7. The molecule has 2 N–H and O–H groups in total. The Balaban J connectivity index is 2.85. The van der Waals surface area contributed by atoms with Crippen LogP contribution >= 0.6 is 0 Å². The second kappa shape index (κ2) is 7.75. The number of likely N-dealkylation sites (N-methyl/N-ethyl adjacent to an activating group) is 1. The van der Waals surface area contributed by atoms with Crippen molar-refractivity contribution in [1.82, 2.24) is 14.9 Å². The van der Waals surface area contributed by atoms with Crippen molar-refractivity contribution in [1.29, 1.82) is 0 Å². The Kier molecular flexibility index (Phi) is 6.59. The second-order valence-corrected chi connectivity index (χ2v) is 10.0. The Morgan fingerprint density at radius 1 is 0.962 bits per heavy atom. The van der Waals surface area contributed by atoms with E-state index in [1.165, 1.54) is 36.2 Å². The minimum absolute atomic E-state index is 0.0807. The fourth-order valence-electron chi connectivity index (χ4n) is 2.20. The standard InChI is InChI=1S/C18H29N3O4S/c1-17(2,3)19-15(22)12-21(7)16(23)13-8-10-14(11-9-13)26(24,25)20-18(4,5)6/h8-11,20H,12H2,1-7H3,(H,19,22). The number of sulfonamides is 1. The van der Waals surface area contributed by atoms with Gasteiger partial charge in [-0.3, -0.25) is 9.59 Å². The van der Waals surface area contributed by atoms with E-state index >= 15 is 0 Å². The first-order valence-electron chi connectivity index (χ1n) is 8.31. The number of benzene rings is 1. The van der Waals surface area contributed by atoms with Crippen LogP contribution in [0.15, 0.2) is 29.2 Å². The summed E-state index contributed by atoms with van der Waals surface area (Å²) in [5, 5.41) is 2.79. The highest BCUT2D eigenvalue weighted by Gasteiger charge is 2.23. The molecule has 7 nitrogen and oxygen atoms in total. The van der Waals surface area contributed by atoms with Crippen LogP contribution in [-0.4, -0.2) is 49.8 Å². The van der Waals surface area contributed by atoms with E-state index in [9.17, 15) is 18.0 Å². The molecule has 1 aromatic rings. The molecule has 0 aliphatic heterocycles. The first-order chi connectivity index (χ1) is 11.6. The fraction of sp³-hybridized carbons (Fsp3) is 0.556. The van der Waals surface area contributed by atoms with Gasteiger partial charge in [0, 0.05) is 23.7 Å². The van der Waals surface area contributed by atoms with E-state index in [-0.39, 0.29) is 28.8 Å². The molecular formula is C18H29N3O4S. The van der Waals surface area contributed by atoms with Gasteiger partial charge in [0.25, 0.3) is 5.91 Å². The molecule has 2 amide bonds. The van der Waals surface area contributed by atoms with E-state index in [4.69, 9.17) is 0 Å². The van der Waals surface area contributed by atoms with Crippen molar-refractivity contribution in [2.24, 2.45) is 0 Å². The molecule has 0 spiro atoms. The molecule has 0 saturated carbocycles. The van der Waals surface area contributed by atoms with Crippen LogP contribution in [0, 0.1) is 0 Å². The van der Waals surface area contributed by atoms with Crippen LogP contribution in [0.5, 0.6) is 0 Å². The Morgan fingerprint density at radius 2 is 1.46 bits per heavy atom. The van der Waals surface area contributed by atoms with E-state index in [0.29, 0.717) is 5.56 Å². The van der Waals surface area contributed by atoms with Gasteiger partial charge in [-0.25, -0.2) is 13.1 Å². The monoisotopic (exact) mass is 383 g/mol. The minimum Gasteiger partial charge on any atom is -0.350 e. The Labute approximate surface area is 156 Å². The molecule has 0 fully saturated rings. The van der Waals surface area contributed by atoms with Crippen LogP contribution in [0.25, 0.3) is 0 Å². The van der Waals surface area contributed by atoms with Gasteiger partial charge in [0.1, 0.15) is 0 Å². The van der Waals surface area contributed by atoms with E-state index in [0.717, 1.165) is 0 Å². The van der Waals surface area contributed by atoms with Gasteiger partial charge in [0.15, 0.2) is 0 Å². The molecule has 0 aliphatic carbocycles. The van der Waals surface area contributed by atoms with E-state index in [1.807, 2.05) is 20.8 Å². The molecule has 1 rings (SSSR count). The third-order valence-electron chi connectivity index (χ3n) is 3.09. The Hall–Kier alpha value is -1.93. The summed E-state index contributed by atoms with van der Waals surface area (Å²) in [5.41, 5.74) is -0.670. The van der Waals surface area contributed by atoms with Gasteiger partial charge in [0.05, 0.1) is 11.4 Å². The van der Waals surface area contributed by atoms with Gasteiger partial charge in [-0.15, -0.1) is 0 Å². The van der Waals surface area contributed by atoms with Gasteiger partial charge in [-0.05, 0) is 65.8 Å². The summed E-state index contributed by atoms with van der Waals surface area (Å²) in [5.74, 6) is -0.622. The predicted molar refractivity (Wildman–Crippen MR) is 101 cm³/mol. The van der Waals surface area contributed by atoms with Crippen LogP contribution in [0.3, 0.4) is 0 Å². The van der Waals surface area contributed by atoms with Gasteiger partial charge in [0.2, 0.25) is 15.9 Å². The van der Waals surface area contributed by atoms with Crippen LogP contribution in [0.4, 0.5) is 0 Å².